The Labute approximate surface area is 127 Å². The van der Waals surface area contributed by atoms with E-state index in [1.807, 2.05) is 30.0 Å². The lowest BCUT2D eigenvalue weighted by molar-refractivity contribution is 0.0676. The Kier molecular flexibility index (Phi) is 5.03. The molecular weight excluding hydrogens is 260 g/mol. The summed E-state index contributed by atoms with van der Waals surface area (Å²) in [6.45, 7) is 6.59. The fourth-order valence-corrected chi connectivity index (χ4v) is 3.07. The molecule has 2 unspecified atom stereocenters. The van der Waals surface area contributed by atoms with Crippen LogP contribution >= 0.6 is 0 Å². The maximum absolute atomic E-state index is 12.9. The highest BCUT2D eigenvalue weighted by atomic mass is 16.2. The molecule has 0 radical (unpaired) electrons. The van der Waals surface area contributed by atoms with Gasteiger partial charge < -0.3 is 10.6 Å². The van der Waals surface area contributed by atoms with Crippen LogP contribution in [0.1, 0.15) is 54.6 Å². The first kappa shape index (κ1) is 15.6. The number of aryl methyl sites for hydroxylation is 1. The van der Waals surface area contributed by atoms with Crippen molar-refractivity contribution in [2.75, 3.05) is 6.54 Å². The lowest BCUT2D eigenvalue weighted by atomic mass is 10.0. The molecule has 3 nitrogen and oxygen atoms in total. The van der Waals surface area contributed by atoms with Crippen LogP contribution in [0.3, 0.4) is 0 Å². The summed E-state index contributed by atoms with van der Waals surface area (Å²) in [6.07, 6.45) is 3.19. The smallest absolute Gasteiger partial charge is 0.255 e. The van der Waals surface area contributed by atoms with Crippen molar-refractivity contribution in [3.63, 3.8) is 0 Å². The number of carbonyl (C=O) groups is 1. The van der Waals surface area contributed by atoms with Crippen molar-refractivity contribution >= 4 is 5.91 Å². The summed E-state index contributed by atoms with van der Waals surface area (Å²) >= 11 is 0. The monoisotopic (exact) mass is 284 g/mol. The molecule has 21 heavy (non-hydrogen) atoms. The third kappa shape index (κ3) is 3.28. The van der Waals surface area contributed by atoms with E-state index in [2.05, 4.69) is 25.7 Å². The Morgan fingerprint density at radius 1 is 1.43 bits per heavy atom. The third-order valence-corrected chi connectivity index (χ3v) is 4.22. The minimum atomic E-state index is 0.105. The zero-order chi connectivity index (χ0) is 15.4. The van der Waals surface area contributed by atoms with Gasteiger partial charge in [-0.2, -0.15) is 0 Å². The van der Waals surface area contributed by atoms with Crippen LogP contribution in [0.5, 0.6) is 0 Å². The predicted octanol–water partition coefficient (Wildman–Crippen LogP) is 2.71. The van der Waals surface area contributed by atoms with Crippen molar-refractivity contribution in [1.29, 1.82) is 0 Å². The van der Waals surface area contributed by atoms with Crippen LogP contribution in [-0.4, -0.2) is 29.4 Å². The Hall–Kier alpha value is -1.79. The zero-order valence-corrected chi connectivity index (χ0v) is 13.1. The Morgan fingerprint density at radius 3 is 2.86 bits per heavy atom. The molecule has 2 atom stereocenters. The van der Waals surface area contributed by atoms with Crippen molar-refractivity contribution in [1.82, 2.24) is 4.90 Å². The van der Waals surface area contributed by atoms with Crippen molar-refractivity contribution in [3.8, 4) is 11.8 Å². The molecule has 0 bridgehead atoms. The molecule has 1 aromatic rings. The van der Waals surface area contributed by atoms with E-state index < -0.39 is 0 Å². The largest absolute Gasteiger partial charge is 0.333 e. The molecule has 1 heterocycles. The first-order chi connectivity index (χ1) is 10.1. The molecule has 0 aliphatic carbocycles. The van der Waals surface area contributed by atoms with Gasteiger partial charge in [0.05, 0.1) is 12.1 Å². The van der Waals surface area contributed by atoms with Crippen LogP contribution in [0, 0.1) is 18.8 Å². The summed E-state index contributed by atoms with van der Waals surface area (Å²) in [7, 11) is 0. The van der Waals surface area contributed by atoms with Crippen LogP contribution in [0.15, 0.2) is 18.2 Å². The fraction of sp³-hybridized carbons (Fsp3) is 0.500. The molecule has 1 fully saturated rings. The average Bonchev–Trinajstić information content (AvgIpc) is 2.85. The van der Waals surface area contributed by atoms with Crippen LogP contribution in [-0.2, 0) is 0 Å². The standard InChI is InChI=1S/C18H24N2O/c1-4-16-9-8-14(3)20(16)18(21)17-10-7-13(2)12-15(17)6-5-11-19/h7,10,12,14,16H,4,8-9,11,19H2,1-3H3. The molecule has 2 rings (SSSR count). The Morgan fingerprint density at radius 2 is 2.19 bits per heavy atom. The SMILES string of the molecule is CCC1CCC(C)N1C(=O)c1ccc(C)cc1C#CCN. The van der Waals surface area contributed by atoms with Gasteiger partial charge in [-0.25, -0.2) is 0 Å². The summed E-state index contributed by atoms with van der Waals surface area (Å²) in [5.74, 6) is 6.01. The fourth-order valence-electron chi connectivity index (χ4n) is 3.07. The number of carbonyl (C=O) groups excluding carboxylic acids is 1. The molecule has 1 amide bonds. The second-order valence-corrected chi connectivity index (χ2v) is 5.76. The second-order valence-electron chi connectivity index (χ2n) is 5.76. The van der Waals surface area contributed by atoms with Crippen LogP contribution in [0.2, 0.25) is 0 Å². The maximum Gasteiger partial charge on any atom is 0.255 e. The number of amides is 1. The number of hydrogen-bond acceptors (Lipinski definition) is 2. The summed E-state index contributed by atoms with van der Waals surface area (Å²) in [5, 5.41) is 0. The maximum atomic E-state index is 12.9. The third-order valence-electron chi connectivity index (χ3n) is 4.22. The van der Waals surface area contributed by atoms with Gasteiger partial charge >= 0.3 is 0 Å². The summed E-state index contributed by atoms with van der Waals surface area (Å²) < 4.78 is 0. The summed E-state index contributed by atoms with van der Waals surface area (Å²) in [4.78, 5) is 15.0. The molecule has 3 heteroatoms. The molecule has 0 aromatic heterocycles. The lowest BCUT2D eigenvalue weighted by Crippen LogP contribution is -2.40. The van der Waals surface area contributed by atoms with Crippen LogP contribution in [0.25, 0.3) is 0 Å². The highest BCUT2D eigenvalue weighted by Crippen LogP contribution is 2.28. The van der Waals surface area contributed by atoms with E-state index in [1.54, 1.807) is 0 Å². The topological polar surface area (TPSA) is 46.3 Å². The number of rotatable bonds is 2. The van der Waals surface area contributed by atoms with E-state index in [9.17, 15) is 4.79 Å². The first-order valence-electron chi connectivity index (χ1n) is 7.70. The summed E-state index contributed by atoms with van der Waals surface area (Å²) in [6, 6.07) is 6.50. The van der Waals surface area contributed by atoms with Crippen molar-refractivity contribution in [2.45, 2.75) is 52.1 Å². The van der Waals surface area contributed by atoms with Gasteiger partial charge in [0.1, 0.15) is 0 Å². The number of likely N-dealkylation sites (tertiary alicyclic amines) is 1. The van der Waals surface area contributed by atoms with Gasteiger partial charge in [-0.1, -0.05) is 24.8 Å². The van der Waals surface area contributed by atoms with Crippen molar-refractivity contribution in [3.05, 3.63) is 34.9 Å². The normalized spacial score (nSPS) is 21.0. The quantitative estimate of drug-likeness (QED) is 0.849. The highest BCUT2D eigenvalue weighted by molar-refractivity contribution is 5.97. The van der Waals surface area contributed by atoms with E-state index in [4.69, 9.17) is 5.73 Å². The molecule has 1 aromatic carbocycles. The minimum Gasteiger partial charge on any atom is -0.333 e. The van der Waals surface area contributed by atoms with Gasteiger partial charge in [0, 0.05) is 17.6 Å². The van der Waals surface area contributed by atoms with Gasteiger partial charge in [0.25, 0.3) is 5.91 Å². The van der Waals surface area contributed by atoms with Gasteiger partial charge in [-0.15, -0.1) is 0 Å². The average molecular weight is 284 g/mol. The van der Waals surface area contributed by atoms with Crippen molar-refractivity contribution in [2.24, 2.45) is 5.73 Å². The molecular formula is C18H24N2O. The predicted molar refractivity (Wildman–Crippen MR) is 86.1 cm³/mol. The van der Waals surface area contributed by atoms with E-state index in [-0.39, 0.29) is 5.91 Å². The Balaban J connectivity index is 2.38. The van der Waals surface area contributed by atoms with Gasteiger partial charge in [-0.05, 0) is 50.8 Å². The van der Waals surface area contributed by atoms with E-state index in [0.717, 1.165) is 30.4 Å². The number of benzene rings is 1. The molecule has 0 saturated carbocycles. The highest BCUT2D eigenvalue weighted by Gasteiger charge is 2.34. The molecule has 2 N–H and O–H groups in total. The Bertz CT molecular complexity index is 583. The molecule has 1 aliphatic rings. The number of nitrogens with zero attached hydrogens (tertiary/aromatic N) is 1. The van der Waals surface area contributed by atoms with Crippen LogP contribution < -0.4 is 5.73 Å². The number of hydrogen-bond donors (Lipinski definition) is 1. The van der Waals surface area contributed by atoms with E-state index in [1.165, 1.54) is 0 Å². The zero-order valence-electron chi connectivity index (χ0n) is 13.1. The molecule has 0 spiro atoms. The lowest BCUT2D eigenvalue weighted by Gasteiger charge is -2.28. The second kappa shape index (κ2) is 6.78. The number of nitrogens with two attached hydrogens (primary N) is 1. The van der Waals surface area contributed by atoms with Crippen LogP contribution in [0.4, 0.5) is 0 Å². The molecule has 112 valence electrons. The molecule has 1 saturated heterocycles. The van der Waals surface area contributed by atoms with E-state index in [0.29, 0.717) is 24.2 Å². The van der Waals surface area contributed by atoms with Crippen molar-refractivity contribution < 1.29 is 4.79 Å². The van der Waals surface area contributed by atoms with Gasteiger partial charge in [0.2, 0.25) is 0 Å². The minimum absolute atomic E-state index is 0.105. The summed E-state index contributed by atoms with van der Waals surface area (Å²) in [5.41, 5.74) is 8.06. The van der Waals surface area contributed by atoms with Gasteiger partial charge in [-0.3, -0.25) is 4.79 Å². The first-order valence-corrected chi connectivity index (χ1v) is 7.70. The van der Waals surface area contributed by atoms with E-state index >= 15 is 0 Å². The molecule has 1 aliphatic heterocycles. The van der Waals surface area contributed by atoms with Gasteiger partial charge in [0.15, 0.2) is 0 Å².